The normalized spacial score (nSPS) is 27.5. The van der Waals surface area contributed by atoms with Gasteiger partial charge in [-0.05, 0) is 55.8 Å². The highest BCUT2D eigenvalue weighted by Gasteiger charge is 2.31. The first-order valence-corrected chi connectivity index (χ1v) is 7.06. The Kier molecular flexibility index (Phi) is 5.53. The van der Waals surface area contributed by atoms with Crippen LogP contribution in [0.5, 0.6) is 0 Å². The van der Waals surface area contributed by atoms with Gasteiger partial charge in [0.15, 0.2) is 0 Å². The lowest BCUT2D eigenvalue weighted by Gasteiger charge is -2.38. The highest BCUT2D eigenvalue weighted by atomic mass is 16.3. The van der Waals surface area contributed by atoms with Crippen LogP contribution < -0.4 is 0 Å². The smallest absolute Gasteiger partial charge is 0.0568 e. The van der Waals surface area contributed by atoms with Crippen molar-refractivity contribution in [3.05, 3.63) is 0 Å². The van der Waals surface area contributed by atoms with Crippen molar-refractivity contribution in [3.8, 4) is 12.3 Å². The zero-order valence-electron chi connectivity index (χ0n) is 11.7. The third-order valence-corrected chi connectivity index (χ3v) is 4.36. The molecule has 0 saturated heterocycles. The fourth-order valence-electron chi connectivity index (χ4n) is 3.02. The maximum atomic E-state index is 10.1. The Labute approximate surface area is 107 Å². The summed E-state index contributed by atoms with van der Waals surface area (Å²) in [5.74, 6) is 3.99. The van der Waals surface area contributed by atoms with Crippen LogP contribution in [-0.2, 0) is 0 Å². The molecule has 1 aliphatic carbocycles. The van der Waals surface area contributed by atoms with Gasteiger partial charge in [0.05, 0.1) is 6.10 Å². The third kappa shape index (κ3) is 4.72. The number of aliphatic hydroxyl groups is 1. The lowest BCUT2D eigenvalue weighted by Crippen LogP contribution is -2.30. The maximum absolute atomic E-state index is 10.1. The molecule has 1 aliphatic rings. The molecule has 1 heteroatoms. The monoisotopic (exact) mass is 236 g/mol. The minimum absolute atomic E-state index is 0.121. The average molecular weight is 236 g/mol. The fourth-order valence-corrected chi connectivity index (χ4v) is 3.02. The molecule has 0 aromatic rings. The molecular weight excluding hydrogens is 208 g/mol. The molecule has 1 rings (SSSR count). The Hall–Kier alpha value is -0.480. The van der Waals surface area contributed by atoms with E-state index >= 15 is 0 Å². The van der Waals surface area contributed by atoms with E-state index in [0.717, 1.165) is 25.2 Å². The minimum atomic E-state index is -0.121. The molecule has 0 aromatic heterocycles. The van der Waals surface area contributed by atoms with E-state index in [1.54, 1.807) is 0 Å². The van der Waals surface area contributed by atoms with Crippen LogP contribution in [0.25, 0.3) is 0 Å². The molecule has 17 heavy (non-hydrogen) atoms. The van der Waals surface area contributed by atoms with E-state index in [1.165, 1.54) is 25.7 Å². The van der Waals surface area contributed by atoms with Gasteiger partial charge in [0.25, 0.3) is 0 Å². The van der Waals surface area contributed by atoms with E-state index in [1.807, 2.05) is 0 Å². The standard InChI is InChI=1S/C16H28O/c1-5-6-7-8-15(17)13-9-11-14(12-10-13)16(2,3)4/h1,13-15,17H,6-12H2,2-4H3. The average Bonchev–Trinajstić information content (AvgIpc) is 2.28. The maximum Gasteiger partial charge on any atom is 0.0568 e. The molecule has 1 N–H and O–H groups in total. The van der Waals surface area contributed by atoms with Crippen LogP contribution in [0.4, 0.5) is 0 Å². The summed E-state index contributed by atoms with van der Waals surface area (Å²) in [4.78, 5) is 0. The van der Waals surface area contributed by atoms with Gasteiger partial charge in [0, 0.05) is 6.42 Å². The number of rotatable bonds is 4. The highest BCUT2D eigenvalue weighted by molar-refractivity contribution is 4.85. The molecule has 0 aromatic carbocycles. The molecular formula is C16H28O. The van der Waals surface area contributed by atoms with Crippen molar-refractivity contribution in [1.29, 1.82) is 0 Å². The Bertz CT molecular complexity index is 248. The summed E-state index contributed by atoms with van der Waals surface area (Å²) in [7, 11) is 0. The first-order valence-electron chi connectivity index (χ1n) is 7.06. The van der Waals surface area contributed by atoms with E-state index < -0.39 is 0 Å². The molecule has 0 heterocycles. The largest absolute Gasteiger partial charge is 0.393 e. The summed E-state index contributed by atoms with van der Waals surface area (Å²) in [5, 5.41) is 10.1. The van der Waals surface area contributed by atoms with Gasteiger partial charge < -0.3 is 5.11 Å². The second-order valence-electron chi connectivity index (χ2n) is 6.64. The summed E-state index contributed by atoms with van der Waals surface area (Å²) in [5.41, 5.74) is 0.430. The van der Waals surface area contributed by atoms with E-state index in [4.69, 9.17) is 6.42 Å². The first kappa shape index (κ1) is 14.6. The highest BCUT2D eigenvalue weighted by Crippen LogP contribution is 2.41. The van der Waals surface area contributed by atoms with Crippen LogP contribution >= 0.6 is 0 Å². The molecule has 1 nitrogen and oxygen atoms in total. The lowest BCUT2D eigenvalue weighted by molar-refractivity contribution is 0.0472. The zero-order chi connectivity index (χ0) is 12.9. The van der Waals surface area contributed by atoms with E-state index in [-0.39, 0.29) is 6.10 Å². The molecule has 1 unspecified atom stereocenters. The number of aliphatic hydroxyl groups excluding tert-OH is 1. The third-order valence-electron chi connectivity index (χ3n) is 4.36. The molecule has 1 fully saturated rings. The predicted octanol–water partition coefficient (Wildman–Crippen LogP) is 4.00. The molecule has 0 spiro atoms. The minimum Gasteiger partial charge on any atom is -0.393 e. The molecule has 1 atom stereocenters. The Morgan fingerprint density at radius 2 is 1.82 bits per heavy atom. The first-order chi connectivity index (χ1) is 7.95. The van der Waals surface area contributed by atoms with Crippen LogP contribution in [0.1, 0.15) is 65.7 Å². The quantitative estimate of drug-likeness (QED) is 0.578. The lowest BCUT2D eigenvalue weighted by atomic mass is 9.68. The number of unbranched alkanes of at least 4 members (excludes halogenated alkanes) is 1. The molecule has 98 valence electrons. The Morgan fingerprint density at radius 3 is 2.29 bits per heavy atom. The van der Waals surface area contributed by atoms with Crippen LogP contribution in [0, 0.1) is 29.6 Å². The van der Waals surface area contributed by atoms with Gasteiger partial charge >= 0.3 is 0 Å². The van der Waals surface area contributed by atoms with Gasteiger partial charge in [0.1, 0.15) is 0 Å². The van der Waals surface area contributed by atoms with Crippen molar-refractivity contribution in [2.24, 2.45) is 17.3 Å². The number of terminal acetylenes is 1. The van der Waals surface area contributed by atoms with Crippen molar-refractivity contribution in [2.75, 3.05) is 0 Å². The second-order valence-corrected chi connectivity index (χ2v) is 6.64. The van der Waals surface area contributed by atoms with Gasteiger partial charge in [-0.2, -0.15) is 0 Å². The van der Waals surface area contributed by atoms with E-state index in [2.05, 4.69) is 26.7 Å². The summed E-state index contributed by atoms with van der Waals surface area (Å²) in [6.45, 7) is 7.00. The van der Waals surface area contributed by atoms with Gasteiger partial charge in [-0.25, -0.2) is 0 Å². The number of hydrogen-bond acceptors (Lipinski definition) is 1. The number of hydrogen-bond donors (Lipinski definition) is 1. The molecule has 0 radical (unpaired) electrons. The van der Waals surface area contributed by atoms with Gasteiger partial charge in [-0.3, -0.25) is 0 Å². The molecule has 0 bridgehead atoms. The van der Waals surface area contributed by atoms with Crippen molar-refractivity contribution >= 4 is 0 Å². The Morgan fingerprint density at radius 1 is 1.24 bits per heavy atom. The van der Waals surface area contributed by atoms with Crippen LogP contribution in [-0.4, -0.2) is 11.2 Å². The van der Waals surface area contributed by atoms with Gasteiger partial charge in [-0.15, -0.1) is 12.3 Å². The van der Waals surface area contributed by atoms with Crippen LogP contribution in [0.3, 0.4) is 0 Å². The fraction of sp³-hybridized carbons (Fsp3) is 0.875. The molecule has 0 amide bonds. The van der Waals surface area contributed by atoms with Crippen molar-refractivity contribution in [1.82, 2.24) is 0 Å². The van der Waals surface area contributed by atoms with Gasteiger partial charge in [0.2, 0.25) is 0 Å². The summed E-state index contributed by atoms with van der Waals surface area (Å²) >= 11 is 0. The Balaban J connectivity index is 2.29. The summed E-state index contributed by atoms with van der Waals surface area (Å²) < 4.78 is 0. The van der Waals surface area contributed by atoms with Crippen LogP contribution in [0.15, 0.2) is 0 Å². The topological polar surface area (TPSA) is 20.2 Å². The zero-order valence-corrected chi connectivity index (χ0v) is 11.7. The van der Waals surface area contributed by atoms with E-state index in [9.17, 15) is 5.11 Å². The van der Waals surface area contributed by atoms with E-state index in [0.29, 0.717) is 11.3 Å². The van der Waals surface area contributed by atoms with Crippen LogP contribution in [0.2, 0.25) is 0 Å². The summed E-state index contributed by atoms with van der Waals surface area (Å²) in [6.07, 6.45) is 12.7. The predicted molar refractivity (Wildman–Crippen MR) is 73.6 cm³/mol. The SMILES string of the molecule is C#CCCCC(O)C1CCC(C(C)(C)C)CC1. The molecule has 0 aliphatic heterocycles. The van der Waals surface area contributed by atoms with Crippen molar-refractivity contribution in [2.45, 2.75) is 71.8 Å². The van der Waals surface area contributed by atoms with Crippen molar-refractivity contribution < 1.29 is 5.11 Å². The van der Waals surface area contributed by atoms with Crippen molar-refractivity contribution in [3.63, 3.8) is 0 Å². The van der Waals surface area contributed by atoms with Gasteiger partial charge in [-0.1, -0.05) is 20.8 Å². The second kappa shape index (κ2) is 6.45. The molecule has 1 saturated carbocycles. The summed E-state index contributed by atoms with van der Waals surface area (Å²) in [6, 6.07) is 0.